The third-order valence-corrected chi connectivity index (χ3v) is 5.12. The van der Waals surface area contributed by atoms with Crippen molar-refractivity contribution in [3.05, 3.63) is 46.2 Å². The number of hydrogen-bond donors (Lipinski definition) is 2. The molecule has 0 spiro atoms. The monoisotopic (exact) mass is 324 g/mol. The number of thiophene rings is 1. The molecule has 1 aromatic heterocycles. The maximum Gasteiger partial charge on any atom is 0.241 e. The van der Waals surface area contributed by atoms with Crippen LogP contribution >= 0.6 is 11.3 Å². The molecule has 7 heteroatoms. The maximum absolute atomic E-state index is 12.3. The molecule has 2 rings (SSSR count). The number of benzene rings is 1. The second-order valence-electron chi connectivity index (χ2n) is 4.62. The highest BCUT2D eigenvalue weighted by molar-refractivity contribution is 7.89. The summed E-state index contributed by atoms with van der Waals surface area (Å²) in [7, 11) is -3.57. The van der Waals surface area contributed by atoms with Gasteiger partial charge in [-0.15, -0.1) is 0 Å². The first-order valence-corrected chi connectivity index (χ1v) is 8.70. The van der Waals surface area contributed by atoms with Crippen molar-refractivity contribution in [3.63, 3.8) is 0 Å². The van der Waals surface area contributed by atoms with Crippen LogP contribution in [0.1, 0.15) is 18.1 Å². The number of anilines is 1. The molecule has 0 saturated carbocycles. The fourth-order valence-corrected chi connectivity index (χ4v) is 3.79. The third kappa shape index (κ3) is 4.13. The standard InChI is InChI=1S/C14H16N2O3S2/c1-10-7-13(16-11(2)17)3-4-14(10)21(18,19)15-8-12-5-6-20-9-12/h3-7,9,15H,8H2,1-2H3,(H,16,17). The number of sulfonamides is 1. The van der Waals surface area contributed by atoms with Crippen molar-refractivity contribution >= 4 is 33.0 Å². The quantitative estimate of drug-likeness (QED) is 0.887. The minimum atomic E-state index is -3.57. The van der Waals surface area contributed by atoms with Crippen LogP contribution in [0.5, 0.6) is 0 Å². The normalized spacial score (nSPS) is 11.3. The predicted molar refractivity (Wildman–Crippen MR) is 83.8 cm³/mol. The summed E-state index contributed by atoms with van der Waals surface area (Å²) in [6.07, 6.45) is 0. The van der Waals surface area contributed by atoms with Crippen LogP contribution in [0.2, 0.25) is 0 Å². The largest absolute Gasteiger partial charge is 0.326 e. The van der Waals surface area contributed by atoms with Crippen molar-refractivity contribution in [2.75, 3.05) is 5.32 Å². The Morgan fingerprint density at radius 2 is 2.05 bits per heavy atom. The molecular formula is C14H16N2O3S2. The van der Waals surface area contributed by atoms with E-state index in [0.717, 1.165) is 5.56 Å². The molecule has 1 amide bonds. The number of carbonyl (C=O) groups excluding carboxylic acids is 1. The molecule has 0 fully saturated rings. The number of aryl methyl sites for hydroxylation is 1. The first kappa shape index (κ1) is 15.7. The van der Waals surface area contributed by atoms with E-state index in [2.05, 4.69) is 10.0 Å². The molecule has 0 aliphatic rings. The van der Waals surface area contributed by atoms with Crippen molar-refractivity contribution in [2.45, 2.75) is 25.3 Å². The van der Waals surface area contributed by atoms with Crippen molar-refractivity contribution in [1.29, 1.82) is 0 Å². The zero-order valence-electron chi connectivity index (χ0n) is 11.7. The molecule has 2 aromatic rings. The molecular weight excluding hydrogens is 308 g/mol. The summed E-state index contributed by atoms with van der Waals surface area (Å²) in [5.41, 5.74) is 2.09. The maximum atomic E-state index is 12.3. The van der Waals surface area contributed by atoms with Gasteiger partial charge in [0.2, 0.25) is 15.9 Å². The minimum absolute atomic E-state index is 0.194. The average Bonchev–Trinajstić information content (AvgIpc) is 2.88. The van der Waals surface area contributed by atoms with Crippen LogP contribution in [-0.4, -0.2) is 14.3 Å². The smallest absolute Gasteiger partial charge is 0.241 e. The fraction of sp³-hybridized carbons (Fsp3) is 0.214. The van der Waals surface area contributed by atoms with Crippen LogP contribution in [0.4, 0.5) is 5.69 Å². The SMILES string of the molecule is CC(=O)Nc1ccc(S(=O)(=O)NCc2ccsc2)c(C)c1. The summed E-state index contributed by atoms with van der Waals surface area (Å²) in [5, 5.41) is 6.42. The highest BCUT2D eigenvalue weighted by Gasteiger charge is 2.17. The van der Waals surface area contributed by atoms with Gasteiger partial charge in [0.15, 0.2) is 0 Å². The van der Waals surface area contributed by atoms with Crippen LogP contribution in [0.15, 0.2) is 39.9 Å². The van der Waals surface area contributed by atoms with Gasteiger partial charge in [-0.3, -0.25) is 4.79 Å². The van der Waals surface area contributed by atoms with Crippen LogP contribution < -0.4 is 10.0 Å². The van der Waals surface area contributed by atoms with Gasteiger partial charge in [-0.05, 0) is 53.1 Å². The molecule has 0 radical (unpaired) electrons. The van der Waals surface area contributed by atoms with Gasteiger partial charge >= 0.3 is 0 Å². The molecule has 112 valence electrons. The van der Waals surface area contributed by atoms with Gasteiger partial charge in [-0.2, -0.15) is 11.3 Å². The van der Waals surface area contributed by atoms with Gasteiger partial charge in [0.1, 0.15) is 0 Å². The van der Waals surface area contributed by atoms with E-state index in [1.54, 1.807) is 19.1 Å². The van der Waals surface area contributed by atoms with E-state index in [-0.39, 0.29) is 17.3 Å². The summed E-state index contributed by atoms with van der Waals surface area (Å²) in [4.78, 5) is 11.2. The number of rotatable bonds is 5. The van der Waals surface area contributed by atoms with E-state index in [1.165, 1.54) is 24.3 Å². The lowest BCUT2D eigenvalue weighted by molar-refractivity contribution is -0.114. The second kappa shape index (κ2) is 6.38. The Hall–Kier alpha value is -1.70. The summed E-state index contributed by atoms with van der Waals surface area (Å²) in [5.74, 6) is -0.194. The summed E-state index contributed by atoms with van der Waals surface area (Å²) in [6, 6.07) is 6.59. The second-order valence-corrected chi connectivity index (χ2v) is 7.13. The van der Waals surface area contributed by atoms with Crippen LogP contribution in [0.3, 0.4) is 0 Å². The van der Waals surface area contributed by atoms with Gasteiger partial charge in [0.05, 0.1) is 4.90 Å². The van der Waals surface area contributed by atoms with Gasteiger partial charge in [-0.1, -0.05) is 0 Å². The Morgan fingerprint density at radius 1 is 1.29 bits per heavy atom. The van der Waals surface area contributed by atoms with E-state index < -0.39 is 10.0 Å². The number of carbonyl (C=O) groups is 1. The summed E-state index contributed by atoms with van der Waals surface area (Å²) in [6.45, 7) is 3.37. The lowest BCUT2D eigenvalue weighted by Crippen LogP contribution is -2.23. The Kier molecular flexibility index (Phi) is 4.76. The Bertz CT molecular complexity index is 738. The zero-order valence-corrected chi connectivity index (χ0v) is 13.3. The van der Waals surface area contributed by atoms with Gasteiger partial charge in [0, 0.05) is 19.2 Å². The fourth-order valence-electron chi connectivity index (χ4n) is 1.88. The number of nitrogens with one attached hydrogen (secondary N) is 2. The van der Waals surface area contributed by atoms with Crippen LogP contribution in [-0.2, 0) is 21.4 Å². The average molecular weight is 324 g/mol. The Balaban J connectivity index is 2.17. The van der Waals surface area contributed by atoms with Crippen LogP contribution in [0.25, 0.3) is 0 Å². The molecule has 0 aliphatic heterocycles. The summed E-state index contributed by atoms with van der Waals surface area (Å²) >= 11 is 1.52. The van der Waals surface area contributed by atoms with Gasteiger partial charge in [0.25, 0.3) is 0 Å². The predicted octanol–water partition coefficient (Wildman–Crippen LogP) is 2.49. The first-order chi connectivity index (χ1) is 9.88. The lowest BCUT2D eigenvalue weighted by atomic mass is 10.2. The molecule has 0 bridgehead atoms. The van der Waals surface area contributed by atoms with Gasteiger partial charge in [-0.25, -0.2) is 13.1 Å². The zero-order chi connectivity index (χ0) is 15.5. The molecule has 0 aliphatic carbocycles. The van der Waals surface area contributed by atoms with E-state index in [1.807, 2.05) is 16.8 Å². The molecule has 21 heavy (non-hydrogen) atoms. The van der Waals surface area contributed by atoms with E-state index in [9.17, 15) is 13.2 Å². The third-order valence-electron chi connectivity index (χ3n) is 2.83. The minimum Gasteiger partial charge on any atom is -0.326 e. The molecule has 0 unspecified atom stereocenters. The van der Waals surface area contributed by atoms with Crippen molar-refractivity contribution < 1.29 is 13.2 Å². The summed E-state index contributed by atoms with van der Waals surface area (Å²) < 4.78 is 27.1. The van der Waals surface area contributed by atoms with Gasteiger partial charge < -0.3 is 5.32 Å². The molecule has 1 heterocycles. The Morgan fingerprint density at radius 3 is 2.62 bits per heavy atom. The topological polar surface area (TPSA) is 75.3 Å². The lowest BCUT2D eigenvalue weighted by Gasteiger charge is -2.10. The molecule has 1 aromatic carbocycles. The first-order valence-electron chi connectivity index (χ1n) is 6.27. The van der Waals surface area contributed by atoms with E-state index in [0.29, 0.717) is 11.3 Å². The van der Waals surface area contributed by atoms with Crippen molar-refractivity contribution in [2.24, 2.45) is 0 Å². The molecule has 2 N–H and O–H groups in total. The van der Waals surface area contributed by atoms with E-state index in [4.69, 9.17) is 0 Å². The van der Waals surface area contributed by atoms with Crippen molar-refractivity contribution in [1.82, 2.24) is 4.72 Å². The molecule has 0 saturated heterocycles. The number of amides is 1. The Labute approximate surface area is 128 Å². The van der Waals surface area contributed by atoms with Crippen LogP contribution in [0, 0.1) is 6.92 Å². The highest BCUT2D eigenvalue weighted by atomic mass is 32.2. The highest BCUT2D eigenvalue weighted by Crippen LogP contribution is 2.20. The molecule has 5 nitrogen and oxygen atoms in total. The molecule has 0 atom stereocenters. The number of hydrogen-bond acceptors (Lipinski definition) is 4. The van der Waals surface area contributed by atoms with Crippen molar-refractivity contribution in [3.8, 4) is 0 Å². The van der Waals surface area contributed by atoms with E-state index >= 15 is 0 Å².